The number of carbonyl (C=O) groups is 1. The van der Waals surface area contributed by atoms with Crippen LogP contribution in [0.15, 0.2) is 18.2 Å². The molecule has 0 spiro atoms. The number of nitrogens with two attached hydrogens (primary N) is 1. The zero-order chi connectivity index (χ0) is 13.7. The average molecular weight is 262 g/mol. The number of nitrogens with zero attached hydrogens (tertiary/aromatic N) is 2. The minimum absolute atomic E-state index is 0.339. The third kappa shape index (κ3) is 4.01. The molecule has 1 fully saturated rings. The van der Waals surface area contributed by atoms with Crippen LogP contribution in [0.2, 0.25) is 0 Å². The van der Waals surface area contributed by atoms with Crippen molar-refractivity contribution in [2.75, 3.05) is 6.54 Å². The molecule has 19 heavy (non-hydrogen) atoms. The van der Waals surface area contributed by atoms with Crippen LogP contribution in [-0.2, 0) is 6.54 Å². The zero-order valence-electron chi connectivity index (χ0n) is 11.4. The first-order valence-corrected chi connectivity index (χ1v) is 6.95. The largest absolute Gasteiger partial charge is 0.295 e. The summed E-state index contributed by atoms with van der Waals surface area (Å²) in [5.74, 6) is 4.79. The Kier molecular flexibility index (Phi) is 4.87. The summed E-state index contributed by atoms with van der Waals surface area (Å²) in [4.78, 5) is 18.3. The number of hydrogen-bond donors (Lipinski definition) is 2. The highest BCUT2D eigenvalue weighted by molar-refractivity contribution is 5.91. The van der Waals surface area contributed by atoms with Crippen LogP contribution in [0.1, 0.15) is 48.8 Å². The highest BCUT2D eigenvalue weighted by atomic mass is 16.2. The molecule has 1 heterocycles. The van der Waals surface area contributed by atoms with Crippen molar-refractivity contribution >= 4 is 5.91 Å². The Bertz CT molecular complexity index is 431. The molecule has 0 saturated heterocycles. The number of amides is 1. The SMILES string of the molecule is CCCCN(Cc1cccc(C(=O)NN)n1)C1CC1. The molecule has 104 valence electrons. The maximum absolute atomic E-state index is 11.5. The van der Waals surface area contributed by atoms with E-state index in [0.29, 0.717) is 11.7 Å². The summed E-state index contributed by atoms with van der Waals surface area (Å²) >= 11 is 0. The molecule has 1 aromatic rings. The van der Waals surface area contributed by atoms with Gasteiger partial charge in [-0.2, -0.15) is 0 Å². The van der Waals surface area contributed by atoms with E-state index >= 15 is 0 Å². The van der Waals surface area contributed by atoms with Crippen molar-refractivity contribution in [3.8, 4) is 0 Å². The first-order valence-electron chi connectivity index (χ1n) is 6.95. The zero-order valence-corrected chi connectivity index (χ0v) is 11.4. The number of nitrogen functional groups attached to an aromatic ring is 1. The Morgan fingerprint density at radius 3 is 2.95 bits per heavy atom. The molecule has 3 N–H and O–H groups in total. The summed E-state index contributed by atoms with van der Waals surface area (Å²) in [6, 6.07) is 6.21. The molecule has 0 radical (unpaired) electrons. The number of unbranched alkanes of at least 4 members (excludes halogenated alkanes) is 1. The summed E-state index contributed by atoms with van der Waals surface area (Å²) in [7, 11) is 0. The van der Waals surface area contributed by atoms with Gasteiger partial charge >= 0.3 is 0 Å². The Morgan fingerprint density at radius 1 is 1.53 bits per heavy atom. The molecule has 0 aliphatic heterocycles. The number of pyridine rings is 1. The molecule has 0 atom stereocenters. The van der Waals surface area contributed by atoms with Crippen LogP contribution in [0.3, 0.4) is 0 Å². The van der Waals surface area contributed by atoms with E-state index in [0.717, 1.165) is 18.8 Å². The molecule has 1 amide bonds. The number of carbonyl (C=O) groups excluding carboxylic acids is 1. The Hall–Kier alpha value is -1.46. The minimum atomic E-state index is -0.339. The quantitative estimate of drug-likeness (QED) is 0.443. The highest BCUT2D eigenvalue weighted by Crippen LogP contribution is 2.28. The van der Waals surface area contributed by atoms with Crippen molar-refractivity contribution in [1.82, 2.24) is 15.3 Å². The molecule has 1 saturated carbocycles. The van der Waals surface area contributed by atoms with E-state index in [2.05, 4.69) is 22.2 Å². The van der Waals surface area contributed by atoms with Gasteiger partial charge in [0.25, 0.3) is 5.91 Å². The first kappa shape index (κ1) is 14.0. The summed E-state index contributed by atoms with van der Waals surface area (Å²) < 4.78 is 0. The average Bonchev–Trinajstić information content (AvgIpc) is 3.27. The number of hydrazine groups is 1. The van der Waals surface area contributed by atoms with Gasteiger partial charge in [0, 0.05) is 12.6 Å². The molecule has 1 aliphatic rings. The van der Waals surface area contributed by atoms with Crippen molar-refractivity contribution < 1.29 is 4.79 Å². The van der Waals surface area contributed by atoms with E-state index in [9.17, 15) is 4.79 Å². The van der Waals surface area contributed by atoms with E-state index in [1.807, 2.05) is 12.1 Å². The lowest BCUT2D eigenvalue weighted by molar-refractivity contribution is 0.0948. The van der Waals surface area contributed by atoms with E-state index in [1.54, 1.807) is 6.07 Å². The summed E-state index contributed by atoms with van der Waals surface area (Å²) in [6.45, 7) is 4.13. The smallest absolute Gasteiger partial charge is 0.283 e. The van der Waals surface area contributed by atoms with E-state index in [1.165, 1.54) is 25.7 Å². The van der Waals surface area contributed by atoms with Crippen LogP contribution in [0.25, 0.3) is 0 Å². The maximum atomic E-state index is 11.5. The van der Waals surface area contributed by atoms with Crippen molar-refractivity contribution in [3.63, 3.8) is 0 Å². The second-order valence-electron chi connectivity index (χ2n) is 5.04. The number of rotatable bonds is 7. The maximum Gasteiger partial charge on any atom is 0.283 e. The van der Waals surface area contributed by atoms with Crippen LogP contribution in [0.5, 0.6) is 0 Å². The van der Waals surface area contributed by atoms with Gasteiger partial charge in [-0.05, 0) is 37.9 Å². The molecule has 0 bridgehead atoms. The van der Waals surface area contributed by atoms with Crippen molar-refractivity contribution in [2.24, 2.45) is 5.84 Å². The molecular weight excluding hydrogens is 240 g/mol. The molecule has 2 rings (SSSR count). The molecule has 1 aliphatic carbocycles. The predicted octanol–water partition coefficient (Wildman–Crippen LogP) is 1.45. The van der Waals surface area contributed by atoms with Crippen LogP contribution in [-0.4, -0.2) is 28.4 Å². The van der Waals surface area contributed by atoms with E-state index in [-0.39, 0.29) is 5.91 Å². The van der Waals surface area contributed by atoms with Crippen molar-refractivity contribution in [3.05, 3.63) is 29.6 Å². The van der Waals surface area contributed by atoms with Gasteiger partial charge in [-0.25, -0.2) is 10.8 Å². The van der Waals surface area contributed by atoms with Gasteiger partial charge < -0.3 is 0 Å². The monoisotopic (exact) mass is 262 g/mol. The Balaban J connectivity index is 2.01. The first-order chi connectivity index (χ1) is 9.24. The van der Waals surface area contributed by atoms with Gasteiger partial charge in [0.2, 0.25) is 0 Å². The third-order valence-corrected chi connectivity index (χ3v) is 3.40. The highest BCUT2D eigenvalue weighted by Gasteiger charge is 2.28. The van der Waals surface area contributed by atoms with Crippen LogP contribution < -0.4 is 11.3 Å². The van der Waals surface area contributed by atoms with E-state index < -0.39 is 0 Å². The molecule has 1 aromatic heterocycles. The molecule has 5 nitrogen and oxygen atoms in total. The summed E-state index contributed by atoms with van der Waals surface area (Å²) in [6.07, 6.45) is 4.98. The van der Waals surface area contributed by atoms with Gasteiger partial charge in [-0.3, -0.25) is 15.1 Å². The van der Waals surface area contributed by atoms with Crippen molar-refractivity contribution in [1.29, 1.82) is 0 Å². The fourth-order valence-corrected chi connectivity index (χ4v) is 2.17. The fourth-order valence-electron chi connectivity index (χ4n) is 2.17. The lowest BCUT2D eigenvalue weighted by Crippen LogP contribution is -2.31. The standard InChI is InChI=1S/C14H22N4O/c1-2-3-9-18(12-7-8-12)10-11-5-4-6-13(16-11)14(19)17-15/h4-6,12H,2-3,7-10,15H2,1H3,(H,17,19). The molecular formula is C14H22N4O. The Morgan fingerprint density at radius 2 is 2.32 bits per heavy atom. The second-order valence-corrected chi connectivity index (χ2v) is 5.04. The minimum Gasteiger partial charge on any atom is -0.295 e. The lowest BCUT2D eigenvalue weighted by atomic mass is 10.2. The third-order valence-electron chi connectivity index (χ3n) is 3.40. The molecule has 5 heteroatoms. The second kappa shape index (κ2) is 6.63. The fraction of sp³-hybridized carbons (Fsp3) is 0.571. The Labute approximate surface area is 114 Å². The van der Waals surface area contributed by atoms with Crippen LogP contribution >= 0.6 is 0 Å². The van der Waals surface area contributed by atoms with E-state index in [4.69, 9.17) is 5.84 Å². The number of hydrogen-bond acceptors (Lipinski definition) is 4. The number of nitrogens with one attached hydrogen (secondary N) is 1. The molecule has 0 unspecified atom stereocenters. The lowest BCUT2D eigenvalue weighted by Gasteiger charge is -2.21. The van der Waals surface area contributed by atoms with Gasteiger partial charge in [0.15, 0.2) is 0 Å². The molecule has 0 aromatic carbocycles. The van der Waals surface area contributed by atoms with Crippen molar-refractivity contribution in [2.45, 2.75) is 45.2 Å². The van der Waals surface area contributed by atoms with Gasteiger partial charge in [-0.15, -0.1) is 0 Å². The van der Waals surface area contributed by atoms with Gasteiger partial charge in [0.1, 0.15) is 5.69 Å². The summed E-state index contributed by atoms with van der Waals surface area (Å²) in [5, 5.41) is 0. The normalized spacial score (nSPS) is 14.7. The summed E-state index contributed by atoms with van der Waals surface area (Å²) in [5.41, 5.74) is 3.43. The van der Waals surface area contributed by atoms with Crippen LogP contribution in [0, 0.1) is 0 Å². The predicted molar refractivity (Wildman–Crippen MR) is 74.2 cm³/mol. The van der Waals surface area contributed by atoms with Gasteiger partial charge in [0.05, 0.1) is 5.69 Å². The topological polar surface area (TPSA) is 71.2 Å². The number of aromatic nitrogens is 1. The van der Waals surface area contributed by atoms with Crippen LogP contribution in [0.4, 0.5) is 0 Å². The van der Waals surface area contributed by atoms with Gasteiger partial charge in [-0.1, -0.05) is 19.4 Å².